The van der Waals surface area contributed by atoms with Crippen molar-refractivity contribution in [3.63, 3.8) is 0 Å². The Morgan fingerprint density at radius 1 is 1.15 bits per heavy atom. The van der Waals surface area contributed by atoms with Crippen LogP contribution in [0.4, 0.5) is 0 Å². The maximum absolute atomic E-state index is 12.2. The van der Waals surface area contributed by atoms with Gasteiger partial charge < -0.3 is 14.9 Å². The van der Waals surface area contributed by atoms with Crippen molar-refractivity contribution >= 4 is 11.8 Å². The zero-order valence-electron chi connectivity index (χ0n) is 12.4. The number of amides is 2. The van der Waals surface area contributed by atoms with Crippen molar-refractivity contribution in [2.24, 2.45) is 5.92 Å². The molecular weight excluding hydrogens is 258 g/mol. The summed E-state index contributed by atoms with van der Waals surface area (Å²) in [6.07, 6.45) is 0.664. The van der Waals surface area contributed by atoms with E-state index >= 15 is 0 Å². The average molecular weight is 283 g/mol. The van der Waals surface area contributed by atoms with Crippen molar-refractivity contribution in [3.05, 3.63) is 0 Å². The molecule has 0 radical (unpaired) electrons. The molecule has 0 bridgehead atoms. The fourth-order valence-corrected chi connectivity index (χ4v) is 2.96. The topological polar surface area (TPSA) is 64.1 Å². The Labute approximate surface area is 120 Å². The minimum atomic E-state index is -0.297. The summed E-state index contributed by atoms with van der Waals surface area (Å²) in [5.74, 6) is 0.508. The predicted octanol–water partition coefficient (Wildman–Crippen LogP) is -0.620. The summed E-state index contributed by atoms with van der Waals surface area (Å²) in [6.45, 7) is 8.04. The Hall–Kier alpha value is -1.14. The molecule has 2 aliphatic rings. The molecule has 0 aliphatic carbocycles. The number of rotatable bonds is 3. The van der Waals surface area contributed by atoms with Gasteiger partial charge in [-0.15, -0.1) is 0 Å². The number of carbonyl (C=O) groups excluding carboxylic acids is 2. The van der Waals surface area contributed by atoms with Gasteiger partial charge in [0.15, 0.2) is 0 Å². The van der Waals surface area contributed by atoms with E-state index in [9.17, 15) is 14.7 Å². The summed E-state index contributed by atoms with van der Waals surface area (Å²) in [4.78, 5) is 29.2. The van der Waals surface area contributed by atoms with E-state index in [0.717, 1.165) is 19.5 Å². The van der Waals surface area contributed by atoms with Crippen LogP contribution >= 0.6 is 0 Å². The van der Waals surface area contributed by atoms with Gasteiger partial charge in [-0.05, 0) is 25.8 Å². The lowest BCUT2D eigenvalue weighted by molar-refractivity contribution is -0.139. The Kier molecular flexibility index (Phi) is 4.99. The summed E-state index contributed by atoms with van der Waals surface area (Å²) in [7, 11) is 0. The van der Waals surface area contributed by atoms with Crippen LogP contribution in [0.3, 0.4) is 0 Å². The van der Waals surface area contributed by atoms with Crippen LogP contribution in [0, 0.1) is 5.92 Å². The second-order valence-electron chi connectivity index (χ2n) is 5.91. The highest BCUT2D eigenvalue weighted by Crippen LogP contribution is 2.19. The van der Waals surface area contributed by atoms with E-state index in [4.69, 9.17) is 0 Å². The number of carbonyl (C=O) groups is 2. The fourth-order valence-electron chi connectivity index (χ4n) is 2.96. The molecule has 0 spiro atoms. The van der Waals surface area contributed by atoms with E-state index in [1.807, 2.05) is 11.8 Å². The van der Waals surface area contributed by atoms with Gasteiger partial charge in [-0.2, -0.15) is 0 Å². The van der Waals surface area contributed by atoms with Crippen molar-refractivity contribution in [3.8, 4) is 0 Å². The summed E-state index contributed by atoms with van der Waals surface area (Å²) in [5, 5.41) is 9.57. The van der Waals surface area contributed by atoms with Crippen LogP contribution in [0.25, 0.3) is 0 Å². The minimum Gasteiger partial charge on any atom is -0.393 e. The van der Waals surface area contributed by atoms with Crippen LogP contribution in [-0.2, 0) is 9.59 Å². The van der Waals surface area contributed by atoms with Crippen LogP contribution in [0.1, 0.15) is 20.3 Å². The highest BCUT2D eigenvalue weighted by Gasteiger charge is 2.29. The lowest BCUT2D eigenvalue weighted by Gasteiger charge is -2.35. The lowest BCUT2D eigenvalue weighted by atomic mass is 10.0. The number of aliphatic hydroxyl groups excluding tert-OH is 1. The highest BCUT2D eigenvalue weighted by molar-refractivity contribution is 5.79. The Morgan fingerprint density at radius 3 is 2.25 bits per heavy atom. The van der Waals surface area contributed by atoms with Gasteiger partial charge in [0.2, 0.25) is 11.8 Å². The van der Waals surface area contributed by atoms with Crippen molar-refractivity contribution in [2.45, 2.75) is 26.4 Å². The number of piperazine rings is 1. The van der Waals surface area contributed by atoms with Gasteiger partial charge >= 0.3 is 0 Å². The summed E-state index contributed by atoms with van der Waals surface area (Å²) in [5.41, 5.74) is 0. The molecule has 1 N–H and O–H groups in total. The molecule has 0 saturated carbocycles. The van der Waals surface area contributed by atoms with Crippen LogP contribution < -0.4 is 0 Å². The number of aliphatic hydroxyl groups is 1. The molecule has 114 valence electrons. The molecule has 2 aliphatic heterocycles. The summed E-state index contributed by atoms with van der Waals surface area (Å²) in [6, 6.07) is 0. The normalized spacial score (nSPS) is 25.9. The Bertz CT molecular complexity index is 365. The summed E-state index contributed by atoms with van der Waals surface area (Å²) >= 11 is 0. The first-order valence-corrected chi connectivity index (χ1v) is 7.41. The quantitative estimate of drug-likeness (QED) is 0.750. The lowest BCUT2D eigenvalue weighted by Crippen LogP contribution is -2.52. The SMILES string of the molecule is CC(=O)N1CCN(C(=O)CN2CCC(C(C)O)C2)CC1. The first-order chi connectivity index (χ1) is 9.47. The van der Waals surface area contributed by atoms with Gasteiger partial charge in [-0.25, -0.2) is 0 Å². The third-order valence-electron chi connectivity index (χ3n) is 4.43. The van der Waals surface area contributed by atoms with E-state index in [0.29, 0.717) is 32.7 Å². The van der Waals surface area contributed by atoms with E-state index in [1.165, 1.54) is 0 Å². The molecule has 2 saturated heterocycles. The number of likely N-dealkylation sites (tertiary alicyclic amines) is 1. The van der Waals surface area contributed by atoms with Crippen LogP contribution in [0.5, 0.6) is 0 Å². The van der Waals surface area contributed by atoms with E-state index in [-0.39, 0.29) is 23.8 Å². The molecule has 2 atom stereocenters. The second-order valence-corrected chi connectivity index (χ2v) is 5.91. The van der Waals surface area contributed by atoms with Gasteiger partial charge in [0.1, 0.15) is 0 Å². The molecule has 0 aromatic rings. The van der Waals surface area contributed by atoms with Crippen LogP contribution in [0.15, 0.2) is 0 Å². The smallest absolute Gasteiger partial charge is 0.236 e. The minimum absolute atomic E-state index is 0.0800. The van der Waals surface area contributed by atoms with Gasteiger partial charge in [-0.1, -0.05) is 0 Å². The molecule has 2 fully saturated rings. The predicted molar refractivity (Wildman–Crippen MR) is 75.1 cm³/mol. The molecular formula is C14H25N3O3. The zero-order chi connectivity index (χ0) is 14.7. The second kappa shape index (κ2) is 6.54. The van der Waals surface area contributed by atoms with Crippen molar-refractivity contribution < 1.29 is 14.7 Å². The Balaban J connectivity index is 1.75. The van der Waals surface area contributed by atoms with Gasteiger partial charge in [0, 0.05) is 39.6 Å². The molecule has 2 heterocycles. The van der Waals surface area contributed by atoms with Crippen molar-refractivity contribution in [1.29, 1.82) is 0 Å². The molecule has 0 aromatic heterocycles. The zero-order valence-corrected chi connectivity index (χ0v) is 12.4. The number of hydrogen-bond acceptors (Lipinski definition) is 4. The van der Waals surface area contributed by atoms with E-state index in [1.54, 1.807) is 11.8 Å². The molecule has 2 unspecified atom stereocenters. The van der Waals surface area contributed by atoms with Gasteiger partial charge in [-0.3, -0.25) is 14.5 Å². The van der Waals surface area contributed by atoms with E-state index < -0.39 is 0 Å². The first kappa shape index (κ1) is 15.3. The number of nitrogens with zero attached hydrogens (tertiary/aromatic N) is 3. The third-order valence-corrected chi connectivity index (χ3v) is 4.43. The van der Waals surface area contributed by atoms with Gasteiger partial charge in [0.05, 0.1) is 12.6 Å². The van der Waals surface area contributed by atoms with Crippen LogP contribution in [0.2, 0.25) is 0 Å². The monoisotopic (exact) mass is 283 g/mol. The van der Waals surface area contributed by atoms with E-state index in [2.05, 4.69) is 4.90 Å². The average Bonchev–Trinajstić information content (AvgIpc) is 2.87. The highest BCUT2D eigenvalue weighted by atomic mass is 16.3. The maximum atomic E-state index is 12.2. The molecule has 6 nitrogen and oxygen atoms in total. The fraction of sp³-hybridized carbons (Fsp3) is 0.857. The molecule has 20 heavy (non-hydrogen) atoms. The van der Waals surface area contributed by atoms with Crippen molar-refractivity contribution in [1.82, 2.24) is 14.7 Å². The maximum Gasteiger partial charge on any atom is 0.236 e. The third kappa shape index (κ3) is 3.70. The molecule has 2 amide bonds. The first-order valence-electron chi connectivity index (χ1n) is 7.41. The molecule has 0 aromatic carbocycles. The van der Waals surface area contributed by atoms with Gasteiger partial charge in [0.25, 0.3) is 0 Å². The van der Waals surface area contributed by atoms with Crippen LogP contribution in [-0.4, -0.2) is 83.5 Å². The molecule has 6 heteroatoms. The summed E-state index contributed by atoms with van der Waals surface area (Å²) < 4.78 is 0. The Morgan fingerprint density at radius 2 is 1.75 bits per heavy atom. The van der Waals surface area contributed by atoms with Crippen molar-refractivity contribution in [2.75, 3.05) is 45.8 Å². The number of hydrogen-bond donors (Lipinski definition) is 1. The largest absolute Gasteiger partial charge is 0.393 e. The molecule has 2 rings (SSSR count). The standard InChI is InChI=1S/C14H25N3O3/c1-11(18)13-3-4-15(9-13)10-14(20)17-7-5-16(6-8-17)12(2)19/h11,13,18H,3-10H2,1-2H3.